The van der Waals surface area contributed by atoms with Gasteiger partial charge in [0, 0.05) is 17.9 Å². The number of non-ortho nitro benzene ring substituents is 1. The summed E-state index contributed by atoms with van der Waals surface area (Å²) in [6.07, 6.45) is -1.39. The minimum atomic E-state index is -2.66. The van der Waals surface area contributed by atoms with Crippen molar-refractivity contribution in [2.45, 2.75) is 62.5 Å². The number of aliphatic carboxylic acids is 1. The number of hydrogen-bond acceptors (Lipinski definition) is 10. The van der Waals surface area contributed by atoms with Gasteiger partial charge in [0.1, 0.15) is 18.2 Å². The first kappa shape index (κ1) is 26.2. The van der Waals surface area contributed by atoms with E-state index in [0.29, 0.717) is 5.56 Å². The number of carboxylic acids is 1. The van der Waals surface area contributed by atoms with Crippen molar-refractivity contribution in [3.05, 3.63) is 39.9 Å². The normalized spacial score (nSPS) is 25.7. The summed E-state index contributed by atoms with van der Waals surface area (Å²) in [5.41, 5.74) is -3.12. The molecule has 1 aromatic carbocycles. The lowest BCUT2D eigenvalue weighted by atomic mass is 9.89. The van der Waals surface area contributed by atoms with E-state index in [-0.39, 0.29) is 18.0 Å². The van der Waals surface area contributed by atoms with Crippen LogP contribution in [0.5, 0.6) is 0 Å². The van der Waals surface area contributed by atoms with Crippen molar-refractivity contribution in [1.82, 2.24) is 10.2 Å². The number of nitro benzene ring substituents is 1. The molecule has 2 heterocycles. The van der Waals surface area contributed by atoms with Gasteiger partial charge < -0.3 is 25.0 Å². The van der Waals surface area contributed by atoms with Crippen molar-refractivity contribution in [2.24, 2.45) is 0 Å². The zero-order valence-corrected chi connectivity index (χ0v) is 19.9. The molecule has 2 saturated heterocycles. The van der Waals surface area contributed by atoms with Gasteiger partial charge in [-0.1, -0.05) is 0 Å². The highest BCUT2D eigenvalue weighted by molar-refractivity contribution is 8.00. The summed E-state index contributed by atoms with van der Waals surface area (Å²) >= 11 is 0.990. The molecule has 1 aromatic rings. The van der Waals surface area contributed by atoms with E-state index in [9.17, 15) is 39.5 Å². The molecule has 2 fully saturated rings. The summed E-state index contributed by atoms with van der Waals surface area (Å²) in [5, 5.41) is 32.6. The molecule has 190 valence electrons. The Morgan fingerprint density at radius 1 is 1.29 bits per heavy atom. The number of alkyl carbamates (subject to hydrolysis) is 1. The summed E-state index contributed by atoms with van der Waals surface area (Å²) in [6.45, 7) is 4.72. The number of rotatable bonds is 7. The summed E-state index contributed by atoms with van der Waals surface area (Å²) in [4.78, 5) is 60.0. The van der Waals surface area contributed by atoms with Gasteiger partial charge in [0.2, 0.25) is 0 Å². The average Bonchev–Trinajstić information content (AvgIpc) is 2.76. The minimum Gasteiger partial charge on any atom is -0.478 e. The van der Waals surface area contributed by atoms with E-state index in [0.717, 1.165) is 16.7 Å². The number of nitrogens with one attached hydrogen (secondary N) is 1. The lowest BCUT2D eigenvalue weighted by Gasteiger charge is -2.57. The largest absolute Gasteiger partial charge is 0.478 e. The van der Waals surface area contributed by atoms with Gasteiger partial charge in [0.05, 0.1) is 22.6 Å². The molecule has 4 atom stereocenters. The van der Waals surface area contributed by atoms with Crippen LogP contribution in [0.25, 0.3) is 0 Å². The first-order valence-corrected chi connectivity index (χ1v) is 11.6. The monoisotopic (exact) mass is 511 g/mol. The number of thioether (sulfide) groups is 1. The first-order chi connectivity index (χ1) is 16.2. The Labute approximate surface area is 203 Å². The summed E-state index contributed by atoms with van der Waals surface area (Å²) in [6, 6.07) is 3.37. The van der Waals surface area contributed by atoms with Crippen LogP contribution in [-0.2, 0) is 30.5 Å². The highest BCUT2D eigenvalue weighted by Crippen LogP contribution is 2.44. The Morgan fingerprint density at radius 2 is 1.91 bits per heavy atom. The summed E-state index contributed by atoms with van der Waals surface area (Å²) < 4.78 is 10.3. The molecule has 2 aliphatic heterocycles. The molecule has 13 nitrogen and oxygen atoms in total. The van der Waals surface area contributed by atoms with Gasteiger partial charge in [-0.3, -0.25) is 24.6 Å². The standard InChI is InChI=1S/C21H25N3O10S/c1-20(2,3)34-15(25)8-14-21(30,18(27)28)23-13(10-35-14)16(17(23)26)22-19(29)33-9-11-4-6-12(7-5-11)24(31)32/h4-7,13-14,16,30H,8-10H2,1-3H3,(H,22,29)(H,27,28)/t13-,14?,16+,21?/m1/s1. The molecule has 0 aromatic heterocycles. The lowest BCUT2D eigenvalue weighted by Crippen LogP contribution is -2.83. The maximum atomic E-state index is 12.7. The molecule has 2 aliphatic rings. The van der Waals surface area contributed by atoms with Gasteiger partial charge in [-0.25, -0.2) is 9.59 Å². The number of amides is 2. The van der Waals surface area contributed by atoms with Crippen LogP contribution in [0.2, 0.25) is 0 Å². The van der Waals surface area contributed by atoms with Crippen molar-refractivity contribution in [3.63, 3.8) is 0 Å². The molecule has 3 N–H and O–H groups in total. The Hall–Kier alpha value is -3.39. The van der Waals surface area contributed by atoms with E-state index in [1.807, 2.05) is 0 Å². The third-order valence-corrected chi connectivity index (χ3v) is 6.81. The zero-order valence-electron chi connectivity index (χ0n) is 19.1. The fourth-order valence-corrected chi connectivity index (χ4v) is 5.26. The number of nitro groups is 1. The van der Waals surface area contributed by atoms with Gasteiger partial charge >= 0.3 is 18.0 Å². The summed E-state index contributed by atoms with van der Waals surface area (Å²) in [5.74, 6) is -3.09. The number of carbonyl (C=O) groups excluding carboxylic acids is 3. The number of aliphatic hydroxyl groups is 1. The molecule has 2 unspecified atom stereocenters. The van der Waals surface area contributed by atoms with Crippen LogP contribution in [0.1, 0.15) is 32.8 Å². The van der Waals surface area contributed by atoms with Crippen LogP contribution in [0.15, 0.2) is 24.3 Å². The van der Waals surface area contributed by atoms with Crippen LogP contribution in [0.4, 0.5) is 10.5 Å². The maximum absolute atomic E-state index is 12.7. The number of ether oxygens (including phenoxy) is 2. The fraction of sp³-hybridized carbons (Fsp3) is 0.524. The van der Waals surface area contributed by atoms with Gasteiger partial charge in [0.15, 0.2) is 0 Å². The Kier molecular flexibility index (Phi) is 7.26. The van der Waals surface area contributed by atoms with Crippen molar-refractivity contribution in [3.8, 4) is 0 Å². The SMILES string of the molecule is CC(C)(C)OC(=O)CC1SC[C@@H]2[C@H](NC(=O)OCc3ccc([N+](=O)[O-])cc3)C(=O)N2C1(O)C(=O)O. The number of benzene rings is 1. The fourth-order valence-electron chi connectivity index (χ4n) is 3.79. The van der Waals surface area contributed by atoms with E-state index >= 15 is 0 Å². The average molecular weight is 512 g/mol. The van der Waals surface area contributed by atoms with E-state index < -0.39 is 63.9 Å². The Morgan fingerprint density at radius 3 is 2.46 bits per heavy atom. The first-order valence-electron chi connectivity index (χ1n) is 10.5. The number of β-lactam (4-membered cyclic amide) rings is 1. The number of carbonyl (C=O) groups is 4. The van der Waals surface area contributed by atoms with Crippen molar-refractivity contribution in [1.29, 1.82) is 0 Å². The second-order valence-electron chi connectivity index (χ2n) is 9.04. The molecule has 0 aliphatic carbocycles. The van der Waals surface area contributed by atoms with Gasteiger partial charge in [-0.2, -0.15) is 11.8 Å². The van der Waals surface area contributed by atoms with E-state index in [4.69, 9.17) is 9.47 Å². The highest BCUT2D eigenvalue weighted by Gasteiger charge is 2.66. The quantitative estimate of drug-likeness (QED) is 0.205. The maximum Gasteiger partial charge on any atom is 0.408 e. The molecule has 0 radical (unpaired) electrons. The van der Waals surface area contributed by atoms with Crippen LogP contribution in [0, 0.1) is 10.1 Å². The van der Waals surface area contributed by atoms with E-state index in [1.165, 1.54) is 24.3 Å². The number of carboxylic acid groups (broad SMARTS) is 1. The van der Waals surface area contributed by atoms with Gasteiger partial charge in [-0.05, 0) is 38.5 Å². The molecular formula is C21H25N3O10S. The minimum absolute atomic E-state index is 0.121. The molecule has 35 heavy (non-hydrogen) atoms. The van der Waals surface area contributed by atoms with Crippen LogP contribution in [-0.4, -0.2) is 78.4 Å². The molecule has 0 bridgehead atoms. The topological polar surface area (TPSA) is 186 Å². The van der Waals surface area contributed by atoms with Crippen LogP contribution < -0.4 is 5.32 Å². The predicted molar refractivity (Wildman–Crippen MR) is 120 cm³/mol. The molecule has 14 heteroatoms. The number of hydrogen-bond donors (Lipinski definition) is 3. The Bertz CT molecular complexity index is 1040. The van der Waals surface area contributed by atoms with E-state index in [1.54, 1.807) is 20.8 Å². The number of esters is 1. The molecule has 3 rings (SSSR count). The number of nitrogens with zero attached hydrogens (tertiary/aromatic N) is 2. The van der Waals surface area contributed by atoms with Gasteiger partial charge in [-0.15, -0.1) is 0 Å². The summed E-state index contributed by atoms with van der Waals surface area (Å²) in [7, 11) is 0. The second-order valence-corrected chi connectivity index (χ2v) is 10.3. The van der Waals surface area contributed by atoms with Crippen molar-refractivity contribution in [2.75, 3.05) is 5.75 Å². The van der Waals surface area contributed by atoms with Gasteiger partial charge in [0.25, 0.3) is 17.3 Å². The van der Waals surface area contributed by atoms with Crippen LogP contribution >= 0.6 is 11.8 Å². The van der Waals surface area contributed by atoms with Crippen molar-refractivity contribution >= 4 is 41.4 Å². The lowest BCUT2D eigenvalue weighted by molar-refractivity contribution is -0.384. The van der Waals surface area contributed by atoms with Crippen LogP contribution in [0.3, 0.4) is 0 Å². The number of fused-ring (bicyclic) bond motifs is 1. The molecule has 2 amide bonds. The molecule has 0 spiro atoms. The zero-order chi connectivity index (χ0) is 26.1. The highest BCUT2D eigenvalue weighted by atomic mass is 32.2. The smallest absolute Gasteiger partial charge is 0.408 e. The Balaban J connectivity index is 1.61. The third-order valence-electron chi connectivity index (χ3n) is 5.38. The molecule has 0 saturated carbocycles. The predicted octanol–water partition coefficient (Wildman–Crippen LogP) is 1.02. The van der Waals surface area contributed by atoms with Crippen molar-refractivity contribution < 1.29 is 43.8 Å². The third kappa shape index (κ3) is 5.48. The molecular weight excluding hydrogens is 486 g/mol. The van der Waals surface area contributed by atoms with E-state index in [2.05, 4.69) is 5.32 Å². The second kappa shape index (κ2) is 9.70.